The lowest BCUT2D eigenvalue weighted by atomic mass is 9.81. The first-order valence-corrected chi connectivity index (χ1v) is 13.1. The zero-order valence-corrected chi connectivity index (χ0v) is 22.4. The van der Waals surface area contributed by atoms with E-state index < -0.39 is 12.2 Å². The maximum absolute atomic E-state index is 13.8. The summed E-state index contributed by atoms with van der Waals surface area (Å²) in [7, 11) is 1.67. The molecule has 2 aliphatic rings. The van der Waals surface area contributed by atoms with Gasteiger partial charge < -0.3 is 18.9 Å². The van der Waals surface area contributed by atoms with Crippen LogP contribution in [0.1, 0.15) is 17.5 Å². The van der Waals surface area contributed by atoms with Gasteiger partial charge in [0.25, 0.3) is 0 Å². The molecule has 0 radical (unpaired) electrons. The molecule has 0 saturated carbocycles. The van der Waals surface area contributed by atoms with Crippen molar-refractivity contribution in [3.8, 4) is 28.7 Å². The van der Waals surface area contributed by atoms with E-state index in [1.807, 2.05) is 18.2 Å². The van der Waals surface area contributed by atoms with E-state index in [9.17, 15) is 18.0 Å². The number of halogens is 3. The molecular weight excluding hydrogens is 551 g/mol. The highest BCUT2D eigenvalue weighted by Gasteiger charge is 2.44. The highest BCUT2D eigenvalue weighted by molar-refractivity contribution is 5.91. The second-order valence-corrected chi connectivity index (χ2v) is 9.78. The van der Waals surface area contributed by atoms with E-state index in [2.05, 4.69) is 10.2 Å². The van der Waals surface area contributed by atoms with E-state index in [1.165, 1.54) is 41.3 Å². The van der Waals surface area contributed by atoms with Crippen LogP contribution in [0, 0.1) is 5.82 Å². The SMILES string of the molecule is CN(C(=O)N1CCC(c2ccc(F)cc2)(c2ccc3c(c2)OCO3)N1)c1ccc(Oc2ccc(OC(F)F)cc2)cc1. The van der Waals surface area contributed by atoms with Gasteiger partial charge in [-0.1, -0.05) is 18.2 Å². The molecule has 0 bridgehead atoms. The molecule has 0 aromatic heterocycles. The summed E-state index contributed by atoms with van der Waals surface area (Å²) in [4.78, 5) is 15.1. The molecule has 2 heterocycles. The average Bonchev–Trinajstić information content (AvgIpc) is 3.66. The van der Waals surface area contributed by atoms with Crippen molar-refractivity contribution in [1.29, 1.82) is 0 Å². The van der Waals surface area contributed by atoms with Crippen molar-refractivity contribution in [3.05, 3.63) is 108 Å². The van der Waals surface area contributed by atoms with Crippen LogP contribution in [0.25, 0.3) is 0 Å². The molecule has 1 saturated heterocycles. The number of nitrogens with zero attached hydrogens (tertiary/aromatic N) is 2. The highest BCUT2D eigenvalue weighted by Crippen LogP contribution is 2.42. The molecule has 42 heavy (non-hydrogen) atoms. The third kappa shape index (κ3) is 5.38. The number of alkyl halides is 2. The quantitative estimate of drug-likeness (QED) is 0.265. The third-order valence-corrected chi connectivity index (χ3v) is 7.27. The van der Waals surface area contributed by atoms with Gasteiger partial charge >= 0.3 is 12.6 Å². The summed E-state index contributed by atoms with van der Waals surface area (Å²) in [6.07, 6.45) is 0.534. The van der Waals surface area contributed by atoms with Gasteiger partial charge in [0.05, 0.1) is 5.54 Å². The Morgan fingerprint density at radius 2 is 1.50 bits per heavy atom. The maximum Gasteiger partial charge on any atom is 0.387 e. The van der Waals surface area contributed by atoms with Crippen LogP contribution in [0.15, 0.2) is 91.0 Å². The van der Waals surface area contributed by atoms with Gasteiger partial charge in [-0.15, -0.1) is 0 Å². The Labute approximate surface area is 239 Å². The molecule has 1 atom stereocenters. The lowest BCUT2D eigenvalue weighted by Crippen LogP contribution is -2.50. The van der Waals surface area contributed by atoms with Crippen LogP contribution >= 0.6 is 0 Å². The van der Waals surface area contributed by atoms with Crippen molar-refractivity contribution in [3.63, 3.8) is 0 Å². The van der Waals surface area contributed by atoms with Gasteiger partial charge in [-0.3, -0.25) is 9.91 Å². The number of fused-ring (bicyclic) bond motifs is 1. The number of amides is 2. The molecule has 2 aliphatic heterocycles. The van der Waals surface area contributed by atoms with Crippen LogP contribution < -0.4 is 29.3 Å². The van der Waals surface area contributed by atoms with Crippen molar-refractivity contribution in [2.24, 2.45) is 0 Å². The molecule has 4 aromatic rings. The molecule has 0 spiro atoms. The molecule has 1 N–H and O–H groups in total. The smallest absolute Gasteiger partial charge is 0.387 e. The van der Waals surface area contributed by atoms with Gasteiger partial charge in [-0.25, -0.2) is 14.6 Å². The van der Waals surface area contributed by atoms with E-state index in [0.29, 0.717) is 41.7 Å². The third-order valence-electron chi connectivity index (χ3n) is 7.27. The lowest BCUT2D eigenvalue weighted by molar-refractivity contribution is -0.0498. The van der Waals surface area contributed by atoms with Crippen LogP contribution in [0.4, 0.5) is 23.7 Å². The summed E-state index contributed by atoms with van der Waals surface area (Å²) in [5, 5.41) is 1.54. The van der Waals surface area contributed by atoms with E-state index in [0.717, 1.165) is 11.1 Å². The number of ether oxygens (including phenoxy) is 4. The predicted molar refractivity (Wildman–Crippen MR) is 148 cm³/mol. The second-order valence-electron chi connectivity index (χ2n) is 9.78. The molecule has 6 rings (SSSR count). The van der Waals surface area contributed by atoms with Gasteiger partial charge in [-0.2, -0.15) is 8.78 Å². The number of carbonyl (C=O) groups is 1. The van der Waals surface area contributed by atoms with Crippen LogP contribution in [0.3, 0.4) is 0 Å². The number of urea groups is 1. The second kappa shape index (κ2) is 11.2. The van der Waals surface area contributed by atoms with Gasteiger partial charge in [0.15, 0.2) is 11.5 Å². The van der Waals surface area contributed by atoms with Gasteiger partial charge in [-0.05, 0) is 90.3 Å². The standard InChI is InChI=1S/C31H26F3N3O5/c1-36(23-7-9-24(10-8-23)41-25-11-13-26(14-12-25)42-29(33)34)30(38)37-17-16-31(35-37,20-2-5-22(32)6-3-20)21-4-15-27-28(18-21)40-19-39-27/h2-15,18,29,35H,16-17,19H2,1H3. The first kappa shape index (κ1) is 27.3. The molecule has 4 aromatic carbocycles. The summed E-state index contributed by atoms with van der Waals surface area (Å²) >= 11 is 0. The molecule has 1 unspecified atom stereocenters. The molecule has 0 aliphatic carbocycles. The summed E-state index contributed by atoms with van der Waals surface area (Å²) in [6, 6.07) is 24.3. The van der Waals surface area contributed by atoms with Crippen molar-refractivity contribution < 1.29 is 36.9 Å². The number of nitrogens with one attached hydrogen (secondary N) is 1. The van der Waals surface area contributed by atoms with E-state index >= 15 is 0 Å². The largest absolute Gasteiger partial charge is 0.457 e. The van der Waals surface area contributed by atoms with Gasteiger partial charge in [0, 0.05) is 19.3 Å². The minimum atomic E-state index is -2.90. The number of benzene rings is 4. The van der Waals surface area contributed by atoms with Crippen molar-refractivity contribution in [2.75, 3.05) is 25.3 Å². The van der Waals surface area contributed by atoms with E-state index in [1.54, 1.807) is 48.5 Å². The molecule has 2 amide bonds. The minimum absolute atomic E-state index is 0.0327. The first-order valence-electron chi connectivity index (χ1n) is 13.1. The summed E-state index contributed by atoms with van der Waals surface area (Å²) in [6.45, 7) is -2.37. The Hall–Kier alpha value is -4.90. The lowest BCUT2D eigenvalue weighted by Gasteiger charge is -2.33. The average molecular weight is 578 g/mol. The number of hydrazine groups is 1. The summed E-state index contributed by atoms with van der Waals surface area (Å²) in [5.74, 6) is 1.87. The van der Waals surface area contributed by atoms with Crippen molar-refractivity contribution >= 4 is 11.7 Å². The summed E-state index contributed by atoms with van der Waals surface area (Å²) in [5.41, 5.74) is 4.87. The number of hydrogen-bond acceptors (Lipinski definition) is 6. The number of rotatable bonds is 7. The highest BCUT2D eigenvalue weighted by atomic mass is 19.3. The Morgan fingerprint density at radius 3 is 2.19 bits per heavy atom. The molecule has 216 valence electrons. The Kier molecular flexibility index (Phi) is 7.26. The fourth-order valence-corrected chi connectivity index (χ4v) is 5.10. The Balaban J connectivity index is 1.18. The van der Waals surface area contributed by atoms with Crippen molar-refractivity contribution in [2.45, 2.75) is 18.6 Å². The topological polar surface area (TPSA) is 72.5 Å². The zero-order chi connectivity index (χ0) is 29.3. The fraction of sp³-hybridized carbons (Fsp3) is 0.194. The first-order chi connectivity index (χ1) is 20.3. The molecule has 1 fully saturated rings. The van der Waals surface area contributed by atoms with Gasteiger partial charge in [0.2, 0.25) is 6.79 Å². The van der Waals surface area contributed by atoms with Crippen molar-refractivity contribution in [1.82, 2.24) is 10.4 Å². The van der Waals surface area contributed by atoms with E-state index in [4.69, 9.17) is 14.2 Å². The zero-order valence-electron chi connectivity index (χ0n) is 22.4. The Morgan fingerprint density at radius 1 is 0.881 bits per heavy atom. The number of carbonyl (C=O) groups excluding carboxylic acids is 1. The number of anilines is 1. The molecular formula is C31H26F3N3O5. The minimum Gasteiger partial charge on any atom is -0.457 e. The predicted octanol–water partition coefficient (Wildman–Crippen LogP) is 6.66. The molecule has 8 nitrogen and oxygen atoms in total. The Bertz CT molecular complexity index is 1570. The van der Waals surface area contributed by atoms with Crippen LogP contribution in [-0.4, -0.2) is 38.0 Å². The van der Waals surface area contributed by atoms with Gasteiger partial charge in [0.1, 0.15) is 23.1 Å². The monoisotopic (exact) mass is 577 g/mol. The summed E-state index contributed by atoms with van der Waals surface area (Å²) < 4.78 is 59.7. The van der Waals surface area contributed by atoms with E-state index in [-0.39, 0.29) is 24.4 Å². The maximum atomic E-state index is 13.8. The molecule has 11 heteroatoms. The normalized spacial score (nSPS) is 17.4. The van der Waals surface area contributed by atoms with Crippen LogP contribution in [0.2, 0.25) is 0 Å². The van der Waals surface area contributed by atoms with Crippen LogP contribution in [-0.2, 0) is 5.54 Å². The number of hydrogen-bond donors (Lipinski definition) is 1. The van der Waals surface area contributed by atoms with Crippen LogP contribution in [0.5, 0.6) is 28.7 Å². The fourth-order valence-electron chi connectivity index (χ4n) is 5.10.